The summed E-state index contributed by atoms with van der Waals surface area (Å²) in [4.78, 5) is 0. The molecule has 3 heteroatoms. The average Bonchev–Trinajstić information content (AvgIpc) is 2.33. The molecule has 2 nitrogen and oxygen atoms in total. The van der Waals surface area contributed by atoms with Gasteiger partial charge in [0.2, 0.25) is 0 Å². The van der Waals surface area contributed by atoms with E-state index in [2.05, 4.69) is 22.9 Å². The second kappa shape index (κ2) is 6.38. The van der Waals surface area contributed by atoms with Crippen LogP contribution in [-0.4, -0.2) is 23.4 Å². The van der Waals surface area contributed by atoms with E-state index in [0.717, 1.165) is 29.3 Å². The van der Waals surface area contributed by atoms with E-state index in [-0.39, 0.29) is 13.2 Å². The summed E-state index contributed by atoms with van der Waals surface area (Å²) >= 11 is 3.48. The van der Waals surface area contributed by atoms with Crippen molar-refractivity contribution in [1.82, 2.24) is 0 Å². The van der Waals surface area contributed by atoms with Crippen molar-refractivity contribution < 1.29 is 10.2 Å². The molecule has 0 aliphatic carbocycles. The maximum atomic E-state index is 9.60. The van der Waals surface area contributed by atoms with Crippen molar-refractivity contribution in [3.05, 3.63) is 34.3 Å². The van der Waals surface area contributed by atoms with Gasteiger partial charge >= 0.3 is 0 Å². The van der Waals surface area contributed by atoms with Gasteiger partial charge < -0.3 is 10.2 Å². The van der Waals surface area contributed by atoms with Gasteiger partial charge in [0, 0.05) is 9.89 Å². The molecule has 0 atom stereocenters. The van der Waals surface area contributed by atoms with Crippen LogP contribution in [0.2, 0.25) is 0 Å². The zero-order chi connectivity index (χ0) is 12.0. The van der Waals surface area contributed by atoms with E-state index in [1.165, 1.54) is 0 Å². The van der Waals surface area contributed by atoms with E-state index in [0.29, 0.717) is 0 Å². The Morgan fingerprint density at radius 3 is 2.31 bits per heavy atom. The molecule has 90 valence electrons. The van der Waals surface area contributed by atoms with Crippen molar-refractivity contribution in [2.45, 2.75) is 31.6 Å². The van der Waals surface area contributed by atoms with Crippen LogP contribution in [-0.2, 0) is 5.41 Å². The van der Waals surface area contributed by atoms with Crippen LogP contribution in [0.25, 0.3) is 0 Å². The first-order valence-electron chi connectivity index (χ1n) is 5.67. The lowest BCUT2D eigenvalue weighted by atomic mass is 9.78. The molecule has 0 spiro atoms. The van der Waals surface area contributed by atoms with Gasteiger partial charge in [-0.05, 0) is 18.1 Å². The van der Waals surface area contributed by atoms with Gasteiger partial charge in [-0.25, -0.2) is 0 Å². The Morgan fingerprint density at radius 1 is 1.19 bits per heavy atom. The number of hydrogen-bond donors (Lipinski definition) is 2. The third-order valence-electron chi connectivity index (χ3n) is 3.06. The molecule has 0 heterocycles. The quantitative estimate of drug-likeness (QED) is 0.844. The summed E-state index contributed by atoms with van der Waals surface area (Å²) < 4.78 is 0.953. The molecule has 1 aromatic carbocycles. The minimum atomic E-state index is -0.518. The standard InChI is InChI=1S/C13H19BrO2/c1-2-3-8-13(9-15,10-16)11-6-4-5-7-12(11)14/h4-7,15-16H,2-3,8-10H2,1H3. The summed E-state index contributed by atoms with van der Waals surface area (Å²) in [5.74, 6) is 0. The van der Waals surface area contributed by atoms with Gasteiger partial charge in [-0.15, -0.1) is 0 Å². The number of aliphatic hydroxyl groups excluding tert-OH is 2. The van der Waals surface area contributed by atoms with Crippen LogP contribution in [0.5, 0.6) is 0 Å². The molecule has 1 aromatic rings. The zero-order valence-electron chi connectivity index (χ0n) is 9.62. The van der Waals surface area contributed by atoms with Crippen molar-refractivity contribution in [1.29, 1.82) is 0 Å². The molecule has 0 saturated carbocycles. The van der Waals surface area contributed by atoms with Gasteiger partial charge in [0.1, 0.15) is 0 Å². The van der Waals surface area contributed by atoms with E-state index in [4.69, 9.17) is 0 Å². The molecule has 16 heavy (non-hydrogen) atoms. The fourth-order valence-corrected chi connectivity index (χ4v) is 2.62. The number of halogens is 1. The molecular weight excluding hydrogens is 268 g/mol. The molecule has 0 amide bonds. The van der Waals surface area contributed by atoms with Gasteiger partial charge in [-0.3, -0.25) is 0 Å². The molecule has 1 rings (SSSR count). The van der Waals surface area contributed by atoms with Crippen LogP contribution >= 0.6 is 15.9 Å². The summed E-state index contributed by atoms with van der Waals surface area (Å²) in [6.07, 6.45) is 2.87. The second-order valence-electron chi connectivity index (χ2n) is 4.18. The van der Waals surface area contributed by atoms with Crippen molar-refractivity contribution in [2.24, 2.45) is 0 Å². The number of benzene rings is 1. The molecule has 0 fully saturated rings. The summed E-state index contributed by atoms with van der Waals surface area (Å²) in [5.41, 5.74) is 0.476. The number of rotatable bonds is 6. The first-order chi connectivity index (χ1) is 7.70. The SMILES string of the molecule is CCCCC(CO)(CO)c1ccccc1Br. The van der Waals surface area contributed by atoms with Crippen molar-refractivity contribution >= 4 is 15.9 Å². The maximum absolute atomic E-state index is 9.60. The molecule has 0 aliphatic rings. The molecule has 0 unspecified atom stereocenters. The molecule has 0 saturated heterocycles. The lowest BCUT2D eigenvalue weighted by Gasteiger charge is -2.31. The topological polar surface area (TPSA) is 40.5 Å². The number of aliphatic hydroxyl groups is 2. The Balaban J connectivity index is 3.05. The minimum Gasteiger partial charge on any atom is -0.395 e. The second-order valence-corrected chi connectivity index (χ2v) is 5.03. The van der Waals surface area contributed by atoms with E-state index in [1.54, 1.807) is 0 Å². The Morgan fingerprint density at radius 2 is 1.81 bits per heavy atom. The van der Waals surface area contributed by atoms with Crippen LogP contribution in [0.3, 0.4) is 0 Å². The summed E-state index contributed by atoms with van der Waals surface area (Å²) in [7, 11) is 0. The highest BCUT2D eigenvalue weighted by molar-refractivity contribution is 9.10. The Labute approximate surface area is 105 Å². The fourth-order valence-electron chi connectivity index (χ4n) is 1.92. The van der Waals surface area contributed by atoms with Crippen LogP contribution in [0.1, 0.15) is 31.7 Å². The lowest BCUT2D eigenvalue weighted by Crippen LogP contribution is -2.35. The van der Waals surface area contributed by atoms with E-state index in [1.807, 2.05) is 24.3 Å². The first kappa shape index (κ1) is 13.7. The molecule has 0 radical (unpaired) electrons. The van der Waals surface area contributed by atoms with Crippen LogP contribution in [0, 0.1) is 0 Å². The smallest absolute Gasteiger partial charge is 0.0550 e. The average molecular weight is 287 g/mol. The Hall–Kier alpha value is -0.380. The van der Waals surface area contributed by atoms with Crippen molar-refractivity contribution in [2.75, 3.05) is 13.2 Å². The zero-order valence-corrected chi connectivity index (χ0v) is 11.2. The first-order valence-corrected chi connectivity index (χ1v) is 6.46. The predicted molar refractivity (Wildman–Crippen MR) is 69.5 cm³/mol. The number of unbranched alkanes of at least 4 members (excludes halogenated alkanes) is 1. The predicted octanol–water partition coefficient (Wildman–Crippen LogP) is 2.86. The van der Waals surface area contributed by atoms with Crippen LogP contribution in [0.15, 0.2) is 28.7 Å². The van der Waals surface area contributed by atoms with Gasteiger partial charge in [0.05, 0.1) is 13.2 Å². The molecular formula is C13H19BrO2. The largest absolute Gasteiger partial charge is 0.395 e. The number of hydrogen-bond acceptors (Lipinski definition) is 2. The highest BCUT2D eigenvalue weighted by Crippen LogP contribution is 2.34. The summed E-state index contributed by atoms with van der Waals surface area (Å²) in [5, 5.41) is 19.2. The van der Waals surface area contributed by atoms with Gasteiger partial charge in [-0.1, -0.05) is 53.9 Å². The molecule has 2 N–H and O–H groups in total. The van der Waals surface area contributed by atoms with Crippen LogP contribution in [0.4, 0.5) is 0 Å². The lowest BCUT2D eigenvalue weighted by molar-refractivity contribution is 0.107. The van der Waals surface area contributed by atoms with Gasteiger partial charge in [-0.2, -0.15) is 0 Å². The molecule has 0 bridgehead atoms. The van der Waals surface area contributed by atoms with E-state index in [9.17, 15) is 10.2 Å². The third-order valence-corrected chi connectivity index (χ3v) is 3.75. The van der Waals surface area contributed by atoms with Crippen LogP contribution < -0.4 is 0 Å². The minimum absolute atomic E-state index is 0.0217. The molecule has 0 aromatic heterocycles. The van der Waals surface area contributed by atoms with Gasteiger partial charge in [0.25, 0.3) is 0 Å². The summed E-state index contributed by atoms with van der Waals surface area (Å²) in [6.45, 7) is 2.07. The van der Waals surface area contributed by atoms with Crippen molar-refractivity contribution in [3.8, 4) is 0 Å². The van der Waals surface area contributed by atoms with Crippen molar-refractivity contribution in [3.63, 3.8) is 0 Å². The Bertz CT molecular complexity index is 321. The summed E-state index contributed by atoms with van der Waals surface area (Å²) in [6, 6.07) is 7.78. The van der Waals surface area contributed by atoms with Gasteiger partial charge in [0.15, 0.2) is 0 Å². The monoisotopic (exact) mass is 286 g/mol. The Kier molecular flexibility index (Phi) is 5.46. The fraction of sp³-hybridized carbons (Fsp3) is 0.538. The molecule has 0 aliphatic heterocycles. The maximum Gasteiger partial charge on any atom is 0.0550 e. The van der Waals surface area contributed by atoms with E-state index >= 15 is 0 Å². The highest BCUT2D eigenvalue weighted by Gasteiger charge is 2.31. The van der Waals surface area contributed by atoms with E-state index < -0.39 is 5.41 Å². The normalized spacial score (nSPS) is 11.8. The third kappa shape index (κ3) is 2.84. The highest BCUT2D eigenvalue weighted by atomic mass is 79.9.